The first-order chi connectivity index (χ1) is 12.5. The molecule has 0 aromatic heterocycles. The number of methoxy groups -OCH3 is 1. The van der Waals surface area contributed by atoms with Gasteiger partial charge in [-0.05, 0) is 29.6 Å². The fourth-order valence-electron chi connectivity index (χ4n) is 2.46. The summed E-state index contributed by atoms with van der Waals surface area (Å²) in [5, 5.41) is 9.37. The van der Waals surface area contributed by atoms with Gasteiger partial charge in [-0.3, -0.25) is 9.80 Å². The molecular weight excluding hydrogens is 460 g/mol. The third-order valence-corrected chi connectivity index (χ3v) is 4.32. The maximum atomic E-state index is 9.37. The highest BCUT2D eigenvalue weighted by Crippen LogP contribution is 2.13. The van der Waals surface area contributed by atoms with Crippen molar-refractivity contribution in [3.8, 4) is 0 Å². The molecule has 0 aliphatic carbocycles. The maximum Gasteiger partial charge on any atom is 0.118 e. The number of piperazine rings is 1. The van der Waals surface area contributed by atoms with Gasteiger partial charge in [0.2, 0.25) is 0 Å². The van der Waals surface area contributed by atoms with Crippen LogP contribution in [0.25, 0.3) is 0 Å². The average molecular weight is 490 g/mol. The molecule has 0 aromatic rings. The summed E-state index contributed by atoms with van der Waals surface area (Å²) in [6.45, 7) is 16.9. The topological polar surface area (TPSA) is 35.9 Å². The Morgan fingerprint density at radius 2 is 1.58 bits per heavy atom. The minimum atomic E-state index is 0.721. The fraction of sp³-hybridized carbons (Fsp3) is 0.400. The number of alkyl halides is 1. The molecule has 0 spiro atoms. The SMILES string of the molecule is C=C/C(Br)=C\C(=C\O)CN1CCN(CC(=C)/C=C(\C=C)OC)CC1.CBr. The van der Waals surface area contributed by atoms with E-state index in [1.807, 2.05) is 18.0 Å². The lowest BCUT2D eigenvalue weighted by Gasteiger charge is -2.34. The van der Waals surface area contributed by atoms with Crippen molar-refractivity contribution in [2.75, 3.05) is 52.2 Å². The first-order valence-electron chi connectivity index (χ1n) is 8.23. The minimum Gasteiger partial charge on any atom is -0.515 e. The Kier molecular flexibility index (Phi) is 14.4. The van der Waals surface area contributed by atoms with E-state index >= 15 is 0 Å². The second-order valence-corrected chi connectivity index (χ2v) is 6.52. The van der Waals surface area contributed by atoms with Gasteiger partial charge in [-0.2, -0.15) is 0 Å². The first kappa shape index (κ1) is 24.9. The van der Waals surface area contributed by atoms with Crippen LogP contribution in [0.5, 0.6) is 0 Å². The largest absolute Gasteiger partial charge is 0.515 e. The van der Waals surface area contributed by atoms with Crippen molar-refractivity contribution in [3.63, 3.8) is 0 Å². The van der Waals surface area contributed by atoms with Crippen molar-refractivity contribution in [3.05, 3.63) is 71.7 Å². The van der Waals surface area contributed by atoms with Crippen LogP contribution in [0.15, 0.2) is 71.7 Å². The summed E-state index contributed by atoms with van der Waals surface area (Å²) >= 11 is 6.32. The van der Waals surface area contributed by atoms with Crippen molar-refractivity contribution >= 4 is 31.9 Å². The van der Waals surface area contributed by atoms with Gasteiger partial charge < -0.3 is 9.84 Å². The smallest absolute Gasteiger partial charge is 0.118 e. The number of rotatable bonds is 9. The molecule has 1 aliphatic heterocycles. The van der Waals surface area contributed by atoms with Gasteiger partial charge in [0.1, 0.15) is 5.76 Å². The van der Waals surface area contributed by atoms with E-state index in [1.165, 1.54) is 0 Å². The molecule has 1 heterocycles. The van der Waals surface area contributed by atoms with Crippen molar-refractivity contribution in [2.24, 2.45) is 0 Å². The van der Waals surface area contributed by atoms with Crippen LogP contribution in [0.3, 0.4) is 0 Å². The van der Waals surface area contributed by atoms with Gasteiger partial charge in [0.05, 0.1) is 13.4 Å². The van der Waals surface area contributed by atoms with E-state index < -0.39 is 0 Å². The van der Waals surface area contributed by atoms with Crippen LogP contribution in [0.4, 0.5) is 0 Å². The molecule has 0 amide bonds. The van der Waals surface area contributed by atoms with Gasteiger partial charge in [-0.1, -0.05) is 57.7 Å². The second-order valence-electron chi connectivity index (χ2n) is 5.60. The highest BCUT2D eigenvalue weighted by atomic mass is 79.9. The predicted molar refractivity (Wildman–Crippen MR) is 120 cm³/mol. The van der Waals surface area contributed by atoms with Crippen molar-refractivity contribution in [2.45, 2.75) is 0 Å². The molecule has 6 heteroatoms. The first-order valence-corrected chi connectivity index (χ1v) is 10.6. The summed E-state index contributed by atoms with van der Waals surface area (Å²) in [4.78, 5) is 4.69. The average Bonchev–Trinajstić information content (AvgIpc) is 2.68. The van der Waals surface area contributed by atoms with E-state index in [1.54, 1.807) is 19.3 Å². The monoisotopic (exact) mass is 488 g/mol. The number of aliphatic hydroxyl groups excluding tert-OH is 1. The lowest BCUT2D eigenvalue weighted by Crippen LogP contribution is -2.47. The number of nitrogens with zero attached hydrogens (tertiary/aromatic N) is 2. The Morgan fingerprint density at radius 3 is 2.00 bits per heavy atom. The Balaban J connectivity index is 0.00000301. The zero-order chi connectivity index (χ0) is 19.9. The van der Waals surface area contributed by atoms with Crippen molar-refractivity contribution in [1.29, 1.82) is 0 Å². The van der Waals surface area contributed by atoms with E-state index in [0.717, 1.165) is 66.9 Å². The Morgan fingerprint density at radius 1 is 1.04 bits per heavy atom. The number of aliphatic hydroxyl groups is 1. The molecule has 0 unspecified atom stereocenters. The molecule has 0 radical (unpaired) electrons. The molecule has 1 saturated heterocycles. The third kappa shape index (κ3) is 10.2. The number of halogens is 2. The Hall–Kier alpha value is -1.08. The number of hydrogen-bond acceptors (Lipinski definition) is 4. The Bertz CT molecular complexity index is 546. The molecule has 146 valence electrons. The predicted octanol–water partition coefficient (Wildman–Crippen LogP) is 4.79. The van der Waals surface area contributed by atoms with Crippen LogP contribution in [0, 0.1) is 0 Å². The zero-order valence-corrected chi connectivity index (χ0v) is 18.9. The normalized spacial score (nSPS) is 17.2. The molecule has 0 atom stereocenters. The van der Waals surface area contributed by atoms with Gasteiger partial charge in [0.25, 0.3) is 0 Å². The number of allylic oxidation sites excluding steroid dienone is 3. The summed E-state index contributed by atoms with van der Waals surface area (Å²) in [5.41, 5.74) is 1.87. The van der Waals surface area contributed by atoms with Crippen LogP contribution in [-0.2, 0) is 4.74 Å². The highest BCUT2D eigenvalue weighted by Gasteiger charge is 2.17. The van der Waals surface area contributed by atoms with E-state index in [2.05, 4.69) is 61.4 Å². The number of hydrogen-bond donors (Lipinski definition) is 1. The maximum absolute atomic E-state index is 9.37. The number of ether oxygens (including phenoxy) is 1. The second kappa shape index (κ2) is 15.0. The minimum absolute atomic E-state index is 0.721. The molecule has 1 aliphatic rings. The summed E-state index contributed by atoms with van der Waals surface area (Å²) in [6.07, 6.45) is 8.35. The van der Waals surface area contributed by atoms with E-state index in [9.17, 15) is 5.11 Å². The van der Waals surface area contributed by atoms with Gasteiger partial charge in [0, 0.05) is 49.3 Å². The van der Waals surface area contributed by atoms with Gasteiger partial charge in [0.15, 0.2) is 0 Å². The molecule has 0 saturated carbocycles. The van der Waals surface area contributed by atoms with E-state index in [0.29, 0.717) is 0 Å². The summed E-state index contributed by atoms with van der Waals surface area (Å²) in [6, 6.07) is 0. The quantitative estimate of drug-likeness (QED) is 0.287. The third-order valence-electron chi connectivity index (χ3n) is 3.77. The van der Waals surface area contributed by atoms with Crippen LogP contribution in [0.2, 0.25) is 0 Å². The van der Waals surface area contributed by atoms with E-state index in [-0.39, 0.29) is 0 Å². The fourth-order valence-corrected chi connectivity index (χ4v) is 2.75. The van der Waals surface area contributed by atoms with Crippen molar-refractivity contribution in [1.82, 2.24) is 9.80 Å². The molecule has 4 nitrogen and oxygen atoms in total. The van der Waals surface area contributed by atoms with E-state index in [4.69, 9.17) is 4.74 Å². The lowest BCUT2D eigenvalue weighted by molar-refractivity contribution is 0.150. The zero-order valence-electron chi connectivity index (χ0n) is 15.8. The van der Waals surface area contributed by atoms with Gasteiger partial charge in [-0.15, -0.1) is 0 Å². The standard InChI is InChI=1S/C19H27BrN2O2.CH3Br/c1-5-18(20)12-17(15-23)14-22-9-7-21(8-10-22)13-16(3)11-19(6-2)24-4;1-2/h5-6,11-12,15,23H,1-3,7-10,13-14H2,4H3;1H3/b17-15-,18-12+,19-11+;. The molecule has 1 fully saturated rings. The van der Waals surface area contributed by atoms with Crippen molar-refractivity contribution < 1.29 is 9.84 Å². The Labute approximate surface area is 175 Å². The lowest BCUT2D eigenvalue weighted by atomic mass is 10.2. The highest BCUT2D eigenvalue weighted by molar-refractivity contribution is 9.11. The summed E-state index contributed by atoms with van der Waals surface area (Å²) < 4.78 is 6.04. The summed E-state index contributed by atoms with van der Waals surface area (Å²) in [5.74, 6) is 2.54. The molecule has 26 heavy (non-hydrogen) atoms. The van der Waals surface area contributed by atoms with Crippen LogP contribution < -0.4 is 0 Å². The van der Waals surface area contributed by atoms with Crippen LogP contribution >= 0.6 is 31.9 Å². The van der Waals surface area contributed by atoms with Gasteiger partial charge in [-0.25, -0.2) is 0 Å². The summed E-state index contributed by atoms with van der Waals surface area (Å²) in [7, 11) is 1.63. The van der Waals surface area contributed by atoms with Gasteiger partial charge >= 0.3 is 0 Å². The molecule has 1 N–H and O–H groups in total. The van der Waals surface area contributed by atoms with Crippen LogP contribution in [-0.4, -0.2) is 67.1 Å². The van der Waals surface area contributed by atoms with Crippen LogP contribution in [0.1, 0.15) is 0 Å². The molecule has 0 bridgehead atoms. The molecule has 1 rings (SSSR count). The molecular formula is C20H30Br2N2O2. The molecule has 0 aromatic carbocycles.